The van der Waals surface area contributed by atoms with Crippen molar-refractivity contribution in [3.05, 3.63) is 35.4 Å². The Bertz CT molecular complexity index is 427. The maximum Gasteiger partial charge on any atom is 0.335 e. The molecule has 0 atom stereocenters. The Hall–Kier alpha value is -1.43. The number of carboxylic acid groups (broad SMARTS) is 1. The molecular weight excluding hydrogens is 254 g/mol. The lowest BCUT2D eigenvalue weighted by Crippen LogP contribution is -2.45. The van der Waals surface area contributed by atoms with Crippen LogP contribution in [-0.2, 0) is 6.54 Å². The second-order valence-corrected chi connectivity index (χ2v) is 5.33. The van der Waals surface area contributed by atoms with Crippen molar-refractivity contribution in [3.8, 4) is 0 Å². The molecule has 1 heterocycles. The van der Waals surface area contributed by atoms with Gasteiger partial charge in [-0.15, -0.1) is 0 Å². The van der Waals surface area contributed by atoms with Crippen molar-refractivity contribution in [2.45, 2.75) is 6.54 Å². The van der Waals surface area contributed by atoms with Crippen LogP contribution in [0.2, 0.25) is 0 Å². The van der Waals surface area contributed by atoms with Crippen molar-refractivity contribution in [1.29, 1.82) is 0 Å². The van der Waals surface area contributed by atoms with Gasteiger partial charge in [-0.2, -0.15) is 0 Å². The van der Waals surface area contributed by atoms with E-state index in [4.69, 9.17) is 5.11 Å². The van der Waals surface area contributed by atoms with Crippen LogP contribution in [0.15, 0.2) is 24.3 Å². The fraction of sp³-hybridized carbons (Fsp3) is 0.533. The number of rotatable bonds is 6. The molecule has 1 aliphatic heterocycles. The number of hydrogen-bond donors (Lipinski definition) is 2. The van der Waals surface area contributed by atoms with E-state index in [2.05, 4.69) is 22.2 Å². The van der Waals surface area contributed by atoms with Crippen molar-refractivity contribution >= 4 is 5.97 Å². The van der Waals surface area contributed by atoms with Crippen LogP contribution in [0, 0.1) is 0 Å². The van der Waals surface area contributed by atoms with Gasteiger partial charge in [-0.1, -0.05) is 12.1 Å². The Morgan fingerprint density at radius 1 is 1.30 bits per heavy atom. The van der Waals surface area contributed by atoms with Crippen molar-refractivity contribution in [3.63, 3.8) is 0 Å². The summed E-state index contributed by atoms with van der Waals surface area (Å²) in [6, 6.07) is 7.12. The van der Waals surface area contributed by atoms with Crippen LogP contribution < -0.4 is 5.32 Å². The molecular formula is C15H23N3O2. The van der Waals surface area contributed by atoms with Crippen molar-refractivity contribution in [1.82, 2.24) is 15.1 Å². The molecule has 0 unspecified atom stereocenters. The average molecular weight is 277 g/mol. The van der Waals surface area contributed by atoms with Gasteiger partial charge in [0.15, 0.2) is 0 Å². The van der Waals surface area contributed by atoms with Gasteiger partial charge in [-0.25, -0.2) is 4.79 Å². The van der Waals surface area contributed by atoms with E-state index in [9.17, 15) is 4.79 Å². The first-order valence-electron chi connectivity index (χ1n) is 7.09. The van der Waals surface area contributed by atoms with Gasteiger partial charge in [0.25, 0.3) is 0 Å². The van der Waals surface area contributed by atoms with Gasteiger partial charge in [0.2, 0.25) is 0 Å². The summed E-state index contributed by atoms with van der Waals surface area (Å²) in [7, 11) is 2.10. The molecule has 1 saturated heterocycles. The molecule has 1 aromatic carbocycles. The quantitative estimate of drug-likeness (QED) is 0.802. The molecule has 0 aromatic heterocycles. The number of nitrogens with one attached hydrogen (secondary N) is 1. The van der Waals surface area contributed by atoms with Gasteiger partial charge in [0.05, 0.1) is 5.56 Å². The van der Waals surface area contributed by atoms with E-state index >= 15 is 0 Å². The largest absolute Gasteiger partial charge is 0.478 e. The van der Waals surface area contributed by atoms with E-state index in [0.717, 1.165) is 51.4 Å². The Morgan fingerprint density at radius 3 is 2.55 bits per heavy atom. The maximum atomic E-state index is 10.8. The van der Waals surface area contributed by atoms with Crippen LogP contribution in [0.4, 0.5) is 0 Å². The number of hydrogen-bond acceptors (Lipinski definition) is 4. The van der Waals surface area contributed by atoms with Gasteiger partial charge in [-0.05, 0) is 24.7 Å². The maximum absolute atomic E-state index is 10.8. The summed E-state index contributed by atoms with van der Waals surface area (Å²) in [6.45, 7) is 7.39. The molecule has 2 N–H and O–H groups in total. The summed E-state index contributed by atoms with van der Waals surface area (Å²) in [6.07, 6.45) is 0. The summed E-state index contributed by atoms with van der Waals surface area (Å²) in [4.78, 5) is 15.5. The third-order valence-electron chi connectivity index (χ3n) is 3.66. The van der Waals surface area contributed by atoms with Crippen LogP contribution in [0.5, 0.6) is 0 Å². The number of carboxylic acids is 1. The van der Waals surface area contributed by atoms with Crippen molar-refractivity contribution in [2.24, 2.45) is 0 Å². The number of likely N-dealkylation sites (N-methyl/N-ethyl adjacent to an activating group) is 1. The molecule has 0 aliphatic carbocycles. The topological polar surface area (TPSA) is 55.8 Å². The Balaban J connectivity index is 1.75. The van der Waals surface area contributed by atoms with Crippen LogP contribution >= 0.6 is 0 Å². The van der Waals surface area contributed by atoms with E-state index in [-0.39, 0.29) is 0 Å². The lowest BCUT2D eigenvalue weighted by molar-refractivity contribution is 0.0697. The van der Waals surface area contributed by atoms with Crippen LogP contribution in [0.1, 0.15) is 15.9 Å². The monoisotopic (exact) mass is 277 g/mol. The molecule has 0 spiro atoms. The van der Waals surface area contributed by atoms with Crippen LogP contribution in [0.25, 0.3) is 0 Å². The lowest BCUT2D eigenvalue weighted by atomic mass is 10.1. The Labute approximate surface area is 120 Å². The predicted molar refractivity (Wildman–Crippen MR) is 79.0 cm³/mol. The summed E-state index contributed by atoms with van der Waals surface area (Å²) >= 11 is 0. The first-order valence-corrected chi connectivity index (χ1v) is 7.09. The van der Waals surface area contributed by atoms with Crippen molar-refractivity contribution < 1.29 is 9.90 Å². The minimum Gasteiger partial charge on any atom is -0.478 e. The molecule has 1 fully saturated rings. The normalized spacial score (nSPS) is 16.5. The van der Waals surface area contributed by atoms with E-state index in [1.807, 2.05) is 12.1 Å². The average Bonchev–Trinajstić information content (AvgIpc) is 2.47. The van der Waals surface area contributed by atoms with Gasteiger partial charge >= 0.3 is 5.97 Å². The fourth-order valence-corrected chi connectivity index (χ4v) is 2.39. The first kappa shape index (κ1) is 15.0. The fourth-order valence-electron chi connectivity index (χ4n) is 2.39. The summed E-state index contributed by atoms with van der Waals surface area (Å²) in [5.74, 6) is -0.872. The molecule has 20 heavy (non-hydrogen) atoms. The third kappa shape index (κ3) is 4.59. The van der Waals surface area contributed by atoms with Gasteiger partial charge in [-0.3, -0.25) is 4.90 Å². The zero-order valence-corrected chi connectivity index (χ0v) is 12.0. The van der Waals surface area contributed by atoms with Crippen LogP contribution in [-0.4, -0.2) is 67.2 Å². The van der Waals surface area contributed by atoms with Crippen molar-refractivity contribution in [2.75, 3.05) is 46.3 Å². The highest BCUT2D eigenvalue weighted by atomic mass is 16.4. The molecule has 5 nitrogen and oxygen atoms in total. The van der Waals surface area contributed by atoms with E-state index in [0.29, 0.717) is 5.56 Å². The first-order chi connectivity index (χ1) is 9.65. The molecule has 0 saturated carbocycles. The molecule has 1 aliphatic rings. The standard InChI is InChI=1S/C15H23N3O2/c1-17(10-11-18-8-6-16-7-9-18)12-13-2-4-14(5-3-13)15(19)20/h2-5,16H,6-12H2,1H3,(H,19,20). The summed E-state index contributed by atoms with van der Waals surface area (Å²) in [5.41, 5.74) is 1.50. The highest BCUT2D eigenvalue weighted by Gasteiger charge is 2.10. The van der Waals surface area contributed by atoms with E-state index < -0.39 is 5.97 Å². The number of aromatic carboxylic acids is 1. The Kier molecular flexibility index (Phi) is 5.52. The predicted octanol–water partition coefficient (Wildman–Crippen LogP) is 0.722. The van der Waals surface area contributed by atoms with Gasteiger partial charge < -0.3 is 15.3 Å². The molecule has 1 aromatic rings. The van der Waals surface area contributed by atoms with E-state index in [1.165, 1.54) is 0 Å². The van der Waals surface area contributed by atoms with Gasteiger partial charge in [0, 0.05) is 45.8 Å². The second kappa shape index (κ2) is 7.38. The highest BCUT2D eigenvalue weighted by Crippen LogP contribution is 2.07. The Morgan fingerprint density at radius 2 is 1.95 bits per heavy atom. The lowest BCUT2D eigenvalue weighted by Gasteiger charge is -2.29. The number of piperazine rings is 1. The zero-order valence-electron chi connectivity index (χ0n) is 12.0. The molecule has 110 valence electrons. The molecule has 5 heteroatoms. The summed E-state index contributed by atoms with van der Waals surface area (Å²) in [5, 5.41) is 12.2. The molecule has 0 radical (unpaired) electrons. The minimum atomic E-state index is -0.872. The SMILES string of the molecule is CN(CCN1CCNCC1)Cc1ccc(C(=O)O)cc1. The minimum absolute atomic E-state index is 0.345. The molecule has 2 rings (SSSR count). The molecule has 0 amide bonds. The summed E-state index contributed by atoms with van der Waals surface area (Å²) < 4.78 is 0. The highest BCUT2D eigenvalue weighted by molar-refractivity contribution is 5.87. The number of nitrogens with zero attached hydrogens (tertiary/aromatic N) is 2. The van der Waals surface area contributed by atoms with Crippen LogP contribution in [0.3, 0.4) is 0 Å². The third-order valence-corrected chi connectivity index (χ3v) is 3.66. The van der Waals surface area contributed by atoms with Gasteiger partial charge in [0.1, 0.15) is 0 Å². The smallest absolute Gasteiger partial charge is 0.335 e. The molecule has 0 bridgehead atoms. The number of carbonyl (C=O) groups is 1. The second-order valence-electron chi connectivity index (χ2n) is 5.33. The number of benzene rings is 1. The van der Waals surface area contributed by atoms with E-state index in [1.54, 1.807) is 12.1 Å². The zero-order chi connectivity index (χ0) is 14.4.